The number of aromatic nitrogens is 3. The van der Waals surface area contributed by atoms with Crippen LogP contribution >= 0.6 is 0 Å². The van der Waals surface area contributed by atoms with Gasteiger partial charge in [-0.1, -0.05) is 0 Å². The molecule has 9 nitrogen and oxygen atoms in total. The Morgan fingerprint density at radius 3 is 2.50 bits per heavy atom. The smallest absolute Gasteiger partial charge is 0.262 e. The maximum absolute atomic E-state index is 12.7. The topological polar surface area (TPSA) is 89.8 Å². The summed E-state index contributed by atoms with van der Waals surface area (Å²) in [4.78, 5) is 37.7. The van der Waals surface area contributed by atoms with Crippen molar-refractivity contribution in [1.29, 1.82) is 0 Å². The highest BCUT2D eigenvalue weighted by Gasteiger charge is 2.19. The molecule has 2 aromatic heterocycles. The SMILES string of the molecule is O=C(Cn1ccc2nc(N3CCOCC3)ncc2c1=O)N1CCOCC1. The van der Waals surface area contributed by atoms with Gasteiger partial charge in [-0.2, -0.15) is 0 Å². The van der Waals surface area contributed by atoms with Crippen LogP contribution in [-0.2, 0) is 20.8 Å². The minimum absolute atomic E-state index is 0.0139. The number of ether oxygens (including phenoxy) is 2. The lowest BCUT2D eigenvalue weighted by Crippen LogP contribution is -2.43. The molecule has 2 saturated heterocycles. The van der Waals surface area contributed by atoms with Gasteiger partial charge in [0.1, 0.15) is 6.54 Å². The summed E-state index contributed by atoms with van der Waals surface area (Å²) in [5.74, 6) is 0.517. The summed E-state index contributed by atoms with van der Waals surface area (Å²) in [5, 5.41) is 0.416. The van der Waals surface area contributed by atoms with Gasteiger partial charge in [0, 0.05) is 38.6 Å². The highest BCUT2D eigenvalue weighted by molar-refractivity contribution is 5.79. The summed E-state index contributed by atoms with van der Waals surface area (Å²) < 4.78 is 12.0. The molecule has 26 heavy (non-hydrogen) atoms. The third kappa shape index (κ3) is 3.40. The maximum Gasteiger partial charge on any atom is 0.262 e. The number of hydrogen-bond donors (Lipinski definition) is 0. The molecular formula is C17H21N5O4. The van der Waals surface area contributed by atoms with Gasteiger partial charge >= 0.3 is 0 Å². The van der Waals surface area contributed by atoms with Crippen LogP contribution in [0.1, 0.15) is 0 Å². The van der Waals surface area contributed by atoms with Crippen LogP contribution in [0.2, 0.25) is 0 Å². The van der Waals surface area contributed by atoms with Gasteiger partial charge in [0.05, 0.1) is 37.3 Å². The van der Waals surface area contributed by atoms with Gasteiger partial charge in [-0.15, -0.1) is 0 Å². The van der Waals surface area contributed by atoms with Crippen molar-refractivity contribution < 1.29 is 14.3 Å². The van der Waals surface area contributed by atoms with Crippen molar-refractivity contribution in [2.45, 2.75) is 6.54 Å². The molecule has 4 heterocycles. The molecule has 0 saturated carbocycles. The summed E-state index contributed by atoms with van der Waals surface area (Å²) >= 11 is 0. The molecular weight excluding hydrogens is 338 g/mol. The lowest BCUT2D eigenvalue weighted by molar-refractivity contribution is -0.135. The number of carbonyl (C=O) groups is 1. The number of amides is 1. The first-order chi connectivity index (χ1) is 12.7. The van der Waals surface area contributed by atoms with E-state index in [2.05, 4.69) is 9.97 Å². The monoisotopic (exact) mass is 359 g/mol. The van der Waals surface area contributed by atoms with Crippen molar-refractivity contribution in [3.63, 3.8) is 0 Å². The number of nitrogens with zero attached hydrogens (tertiary/aromatic N) is 5. The van der Waals surface area contributed by atoms with E-state index < -0.39 is 0 Å². The number of fused-ring (bicyclic) bond motifs is 1. The summed E-state index contributed by atoms with van der Waals surface area (Å²) in [6.07, 6.45) is 3.17. The highest BCUT2D eigenvalue weighted by atomic mass is 16.5. The molecule has 2 aliphatic rings. The molecule has 0 bridgehead atoms. The number of hydrogen-bond acceptors (Lipinski definition) is 7. The van der Waals surface area contributed by atoms with E-state index in [0.717, 1.165) is 13.1 Å². The molecule has 0 aromatic carbocycles. The average Bonchev–Trinajstić information content (AvgIpc) is 2.71. The molecule has 0 aliphatic carbocycles. The molecule has 0 N–H and O–H groups in total. The predicted octanol–water partition coefficient (Wildman–Crippen LogP) is -0.513. The largest absolute Gasteiger partial charge is 0.378 e. The zero-order valence-electron chi connectivity index (χ0n) is 14.5. The van der Waals surface area contributed by atoms with E-state index in [0.29, 0.717) is 56.4 Å². The normalized spacial score (nSPS) is 18.3. The van der Waals surface area contributed by atoms with Crippen LogP contribution < -0.4 is 10.5 Å². The molecule has 0 atom stereocenters. The fourth-order valence-electron chi connectivity index (χ4n) is 3.16. The molecule has 0 radical (unpaired) electrons. The first kappa shape index (κ1) is 16.9. The second kappa shape index (κ2) is 7.38. The van der Waals surface area contributed by atoms with Crippen molar-refractivity contribution in [2.75, 3.05) is 57.5 Å². The van der Waals surface area contributed by atoms with Crippen molar-refractivity contribution >= 4 is 22.8 Å². The Hall–Kier alpha value is -2.52. The Balaban J connectivity index is 1.56. The Labute approximate surface area is 150 Å². The van der Waals surface area contributed by atoms with E-state index >= 15 is 0 Å². The molecule has 0 unspecified atom stereocenters. The van der Waals surface area contributed by atoms with Crippen molar-refractivity contribution in [3.05, 3.63) is 28.8 Å². The molecule has 4 rings (SSSR count). The Morgan fingerprint density at radius 2 is 1.77 bits per heavy atom. The first-order valence-corrected chi connectivity index (χ1v) is 8.77. The molecule has 2 aromatic rings. The predicted molar refractivity (Wildman–Crippen MR) is 94.2 cm³/mol. The number of anilines is 1. The molecule has 2 aliphatic heterocycles. The number of rotatable bonds is 3. The number of carbonyl (C=O) groups excluding carboxylic acids is 1. The first-order valence-electron chi connectivity index (χ1n) is 8.77. The van der Waals surface area contributed by atoms with E-state index in [1.54, 1.807) is 23.4 Å². The molecule has 9 heteroatoms. The van der Waals surface area contributed by atoms with Crippen molar-refractivity contribution in [3.8, 4) is 0 Å². The number of morpholine rings is 2. The van der Waals surface area contributed by atoms with Crippen LogP contribution in [0.25, 0.3) is 10.9 Å². The third-order valence-electron chi connectivity index (χ3n) is 4.67. The van der Waals surface area contributed by atoms with Gasteiger partial charge in [-0.25, -0.2) is 9.97 Å². The lowest BCUT2D eigenvalue weighted by atomic mass is 10.3. The molecule has 0 spiro atoms. The molecule has 2 fully saturated rings. The van der Waals surface area contributed by atoms with Crippen LogP contribution in [0.3, 0.4) is 0 Å². The minimum Gasteiger partial charge on any atom is -0.378 e. The van der Waals surface area contributed by atoms with Gasteiger partial charge in [0.15, 0.2) is 0 Å². The Kier molecular flexibility index (Phi) is 4.81. The molecule has 1 amide bonds. The quantitative estimate of drug-likeness (QED) is 0.729. The van der Waals surface area contributed by atoms with Crippen LogP contribution in [0.4, 0.5) is 5.95 Å². The fraction of sp³-hybridized carbons (Fsp3) is 0.529. The summed E-state index contributed by atoms with van der Waals surface area (Å²) in [6.45, 7) is 4.97. The van der Waals surface area contributed by atoms with Crippen LogP contribution in [0.15, 0.2) is 23.3 Å². The van der Waals surface area contributed by atoms with Crippen molar-refractivity contribution in [2.24, 2.45) is 0 Å². The molecule has 138 valence electrons. The zero-order chi connectivity index (χ0) is 17.9. The standard InChI is InChI=1S/C17H21N5O4/c23-15(20-3-7-25-8-4-20)12-22-2-1-14-13(16(22)24)11-18-17(19-14)21-5-9-26-10-6-21/h1-2,11H,3-10,12H2. The summed E-state index contributed by atoms with van der Waals surface area (Å²) in [7, 11) is 0. The Morgan fingerprint density at radius 1 is 1.08 bits per heavy atom. The van der Waals surface area contributed by atoms with Gasteiger partial charge in [-0.05, 0) is 6.07 Å². The lowest BCUT2D eigenvalue weighted by Gasteiger charge is -2.27. The van der Waals surface area contributed by atoms with E-state index in [9.17, 15) is 9.59 Å². The maximum atomic E-state index is 12.7. The third-order valence-corrected chi connectivity index (χ3v) is 4.67. The zero-order valence-corrected chi connectivity index (χ0v) is 14.5. The summed E-state index contributed by atoms with van der Waals surface area (Å²) in [6, 6.07) is 1.76. The van der Waals surface area contributed by atoms with E-state index in [1.807, 2.05) is 4.90 Å². The van der Waals surface area contributed by atoms with Crippen LogP contribution in [0.5, 0.6) is 0 Å². The van der Waals surface area contributed by atoms with E-state index in [4.69, 9.17) is 9.47 Å². The van der Waals surface area contributed by atoms with Gasteiger partial charge in [0.2, 0.25) is 11.9 Å². The van der Waals surface area contributed by atoms with Gasteiger partial charge < -0.3 is 23.8 Å². The van der Waals surface area contributed by atoms with Gasteiger partial charge in [-0.3, -0.25) is 9.59 Å². The highest BCUT2D eigenvalue weighted by Crippen LogP contribution is 2.13. The second-order valence-electron chi connectivity index (χ2n) is 6.31. The van der Waals surface area contributed by atoms with Crippen LogP contribution in [-0.4, -0.2) is 77.9 Å². The van der Waals surface area contributed by atoms with Gasteiger partial charge in [0.25, 0.3) is 5.56 Å². The van der Waals surface area contributed by atoms with E-state index in [1.165, 1.54) is 4.57 Å². The minimum atomic E-state index is -0.252. The number of pyridine rings is 1. The average molecular weight is 359 g/mol. The van der Waals surface area contributed by atoms with E-state index in [-0.39, 0.29) is 18.0 Å². The van der Waals surface area contributed by atoms with Crippen molar-refractivity contribution in [1.82, 2.24) is 19.4 Å². The Bertz CT molecular complexity index is 856. The fourth-order valence-corrected chi connectivity index (χ4v) is 3.16. The summed E-state index contributed by atoms with van der Waals surface area (Å²) in [5.41, 5.74) is 0.333. The van der Waals surface area contributed by atoms with Crippen LogP contribution in [0, 0.1) is 0 Å². The second-order valence-corrected chi connectivity index (χ2v) is 6.31.